The number of fused-ring (bicyclic) bond motifs is 1. The largest absolute Gasteiger partial charge is 0.387 e. The van der Waals surface area contributed by atoms with Crippen LogP contribution in [0, 0.1) is 0 Å². The molecule has 0 heterocycles. The Kier molecular flexibility index (Phi) is 3.37. The average molecular weight is 247 g/mol. The van der Waals surface area contributed by atoms with E-state index in [1.54, 1.807) is 7.11 Å². The highest BCUT2D eigenvalue weighted by molar-refractivity contribution is 5.36. The Morgan fingerprint density at radius 2 is 2.11 bits per heavy atom. The van der Waals surface area contributed by atoms with Gasteiger partial charge in [0.05, 0.1) is 12.7 Å². The quantitative estimate of drug-likeness (QED) is 0.860. The predicted molar refractivity (Wildman–Crippen MR) is 70.5 cm³/mol. The zero-order valence-corrected chi connectivity index (χ0v) is 10.9. The molecular formula is C15H21NO2. The molecule has 98 valence electrons. The first-order valence-corrected chi connectivity index (χ1v) is 6.82. The highest BCUT2D eigenvalue weighted by atomic mass is 16.5. The molecule has 0 spiro atoms. The maximum atomic E-state index is 10.5. The maximum Gasteiger partial charge on any atom is 0.0951 e. The van der Waals surface area contributed by atoms with Crippen LogP contribution >= 0.6 is 0 Å². The Balaban J connectivity index is 1.76. The molecule has 1 aromatic rings. The first-order valence-electron chi connectivity index (χ1n) is 6.82. The van der Waals surface area contributed by atoms with Gasteiger partial charge in [0.15, 0.2) is 0 Å². The van der Waals surface area contributed by atoms with E-state index in [2.05, 4.69) is 23.1 Å². The Labute approximate surface area is 108 Å². The van der Waals surface area contributed by atoms with Crippen LogP contribution in [-0.2, 0) is 11.2 Å². The molecule has 1 aromatic carbocycles. The predicted octanol–water partition coefficient (Wildman–Crippen LogP) is 1.76. The normalized spacial score (nSPS) is 26.6. The Morgan fingerprint density at radius 1 is 1.33 bits per heavy atom. The number of benzene rings is 1. The van der Waals surface area contributed by atoms with Crippen LogP contribution in [0.25, 0.3) is 0 Å². The molecule has 3 rings (SSSR count). The molecule has 0 aromatic heterocycles. The van der Waals surface area contributed by atoms with Gasteiger partial charge in [0, 0.05) is 25.7 Å². The maximum absolute atomic E-state index is 10.5. The van der Waals surface area contributed by atoms with Crippen molar-refractivity contribution in [1.29, 1.82) is 0 Å². The lowest BCUT2D eigenvalue weighted by molar-refractivity contribution is 0.0385. The van der Waals surface area contributed by atoms with Crippen molar-refractivity contribution < 1.29 is 9.84 Å². The summed E-state index contributed by atoms with van der Waals surface area (Å²) >= 11 is 0. The van der Waals surface area contributed by atoms with Crippen LogP contribution in [0.5, 0.6) is 0 Å². The summed E-state index contributed by atoms with van der Waals surface area (Å²) in [5.74, 6) is 0. The van der Waals surface area contributed by atoms with E-state index >= 15 is 0 Å². The highest BCUT2D eigenvalue weighted by Crippen LogP contribution is 2.39. The van der Waals surface area contributed by atoms with Crippen LogP contribution in [-0.4, -0.2) is 42.4 Å². The van der Waals surface area contributed by atoms with Gasteiger partial charge in [-0.25, -0.2) is 0 Å². The third kappa shape index (κ3) is 2.18. The van der Waals surface area contributed by atoms with E-state index in [-0.39, 0.29) is 12.1 Å². The van der Waals surface area contributed by atoms with Crippen molar-refractivity contribution in [2.75, 3.05) is 20.3 Å². The minimum absolute atomic E-state index is 0.241. The Morgan fingerprint density at radius 3 is 2.78 bits per heavy atom. The van der Waals surface area contributed by atoms with Crippen LogP contribution in [0.1, 0.15) is 30.1 Å². The summed E-state index contributed by atoms with van der Waals surface area (Å²) in [5, 5.41) is 10.5. The van der Waals surface area contributed by atoms with Crippen LogP contribution in [0.2, 0.25) is 0 Å². The molecule has 18 heavy (non-hydrogen) atoms. The van der Waals surface area contributed by atoms with Gasteiger partial charge in [-0.2, -0.15) is 0 Å². The van der Waals surface area contributed by atoms with Gasteiger partial charge in [-0.1, -0.05) is 24.3 Å². The standard InChI is InChI=1S/C15H21NO2/c1-18-9-8-16(12-6-7-12)14-10-11-4-2-3-5-13(11)15(14)17/h2-5,12,14-15,17H,6-10H2,1H3. The van der Waals surface area contributed by atoms with Crippen molar-refractivity contribution in [2.45, 2.75) is 37.5 Å². The number of aliphatic hydroxyl groups is 1. The van der Waals surface area contributed by atoms with E-state index in [0.717, 1.165) is 25.1 Å². The van der Waals surface area contributed by atoms with Gasteiger partial charge in [-0.3, -0.25) is 4.90 Å². The van der Waals surface area contributed by atoms with Crippen LogP contribution < -0.4 is 0 Å². The molecule has 3 heteroatoms. The Bertz CT molecular complexity index is 417. The smallest absolute Gasteiger partial charge is 0.0951 e. The third-order valence-corrected chi connectivity index (χ3v) is 4.16. The molecule has 2 aliphatic carbocycles. The number of ether oxygens (including phenoxy) is 1. The van der Waals surface area contributed by atoms with Crippen LogP contribution in [0.4, 0.5) is 0 Å². The number of aliphatic hydroxyl groups excluding tert-OH is 1. The van der Waals surface area contributed by atoms with Gasteiger partial charge >= 0.3 is 0 Å². The molecule has 0 aliphatic heterocycles. The molecule has 3 nitrogen and oxygen atoms in total. The number of nitrogens with zero attached hydrogens (tertiary/aromatic N) is 1. The second-order valence-corrected chi connectivity index (χ2v) is 5.38. The van der Waals surface area contributed by atoms with Gasteiger partial charge in [0.2, 0.25) is 0 Å². The molecule has 2 aliphatic rings. The SMILES string of the molecule is COCCN(C1CC1)C1Cc2ccccc2C1O. The molecule has 0 amide bonds. The summed E-state index contributed by atoms with van der Waals surface area (Å²) in [6, 6.07) is 9.17. The minimum atomic E-state index is -0.335. The summed E-state index contributed by atoms with van der Waals surface area (Å²) in [5.41, 5.74) is 2.42. The fourth-order valence-corrected chi connectivity index (χ4v) is 3.07. The van der Waals surface area contributed by atoms with Gasteiger partial charge < -0.3 is 9.84 Å². The van der Waals surface area contributed by atoms with E-state index in [1.807, 2.05) is 6.07 Å². The number of rotatable bonds is 5. The molecule has 1 fully saturated rings. The minimum Gasteiger partial charge on any atom is -0.387 e. The summed E-state index contributed by atoms with van der Waals surface area (Å²) < 4.78 is 5.20. The van der Waals surface area contributed by atoms with E-state index in [1.165, 1.54) is 18.4 Å². The molecule has 0 radical (unpaired) electrons. The van der Waals surface area contributed by atoms with E-state index in [0.29, 0.717) is 6.04 Å². The first-order chi connectivity index (χ1) is 8.81. The number of hydrogen-bond donors (Lipinski definition) is 1. The molecule has 1 saturated carbocycles. The third-order valence-electron chi connectivity index (χ3n) is 4.16. The fraction of sp³-hybridized carbons (Fsp3) is 0.600. The average Bonchev–Trinajstić information content (AvgIpc) is 3.17. The van der Waals surface area contributed by atoms with Crippen LogP contribution in [0.3, 0.4) is 0 Å². The molecular weight excluding hydrogens is 226 g/mol. The zero-order chi connectivity index (χ0) is 12.5. The van der Waals surface area contributed by atoms with Crippen molar-refractivity contribution >= 4 is 0 Å². The fourth-order valence-electron chi connectivity index (χ4n) is 3.07. The number of methoxy groups -OCH3 is 1. The zero-order valence-electron chi connectivity index (χ0n) is 10.9. The summed E-state index contributed by atoms with van der Waals surface area (Å²) in [4.78, 5) is 2.45. The molecule has 2 atom stereocenters. The summed E-state index contributed by atoms with van der Waals surface area (Å²) in [7, 11) is 1.74. The first kappa shape index (κ1) is 12.2. The van der Waals surface area contributed by atoms with Gasteiger partial charge in [-0.15, -0.1) is 0 Å². The van der Waals surface area contributed by atoms with E-state index < -0.39 is 0 Å². The van der Waals surface area contributed by atoms with Gasteiger partial charge in [-0.05, 0) is 30.4 Å². The Hall–Kier alpha value is -0.900. The molecule has 2 unspecified atom stereocenters. The van der Waals surface area contributed by atoms with Gasteiger partial charge in [0.1, 0.15) is 0 Å². The monoisotopic (exact) mass is 247 g/mol. The van der Waals surface area contributed by atoms with Crippen molar-refractivity contribution in [3.05, 3.63) is 35.4 Å². The van der Waals surface area contributed by atoms with Crippen LogP contribution in [0.15, 0.2) is 24.3 Å². The summed E-state index contributed by atoms with van der Waals surface area (Å²) in [6.07, 6.45) is 3.17. The molecule has 0 saturated heterocycles. The van der Waals surface area contributed by atoms with Crippen molar-refractivity contribution in [3.63, 3.8) is 0 Å². The van der Waals surface area contributed by atoms with Crippen molar-refractivity contribution in [2.24, 2.45) is 0 Å². The van der Waals surface area contributed by atoms with E-state index in [9.17, 15) is 5.11 Å². The lowest BCUT2D eigenvalue weighted by Crippen LogP contribution is -2.41. The summed E-state index contributed by atoms with van der Waals surface area (Å²) in [6.45, 7) is 1.67. The molecule has 1 N–H and O–H groups in total. The topological polar surface area (TPSA) is 32.7 Å². The molecule has 0 bridgehead atoms. The second kappa shape index (κ2) is 5.00. The number of hydrogen-bond acceptors (Lipinski definition) is 3. The van der Waals surface area contributed by atoms with E-state index in [4.69, 9.17) is 4.74 Å². The lowest BCUT2D eigenvalue weighted by atomic mass is 10.1. The van der Waals surface area contributed by atoms with Gasteiger partial charge in [0.25, 0.3) is 0 Å². The van der Waals surface area contributed by atoms with Crippen molar-refractivity contribution in [1.82, 2.24) is 4.90 Å². The highest BCUT2D eigenvalue weighted by Gasteiger charge is 2.40. The van der Waals surface area contributed by atoms with Crippen molar-refractivity contribution in [3.8, 4) is 0 Å². The second-order valence-electron chi connectivity index (χ2n) is 5.38. The lowest BCUT2D eigenvalue weighted by Gasteiger charge is -2.31.